The third-order valence-electron chi connectivity index (χ3n) is 2.77. The number of methoxy groups -OCH3 is 1. The van der Waals surface area contributed by atoms with Gasteiger partial charge in [-0.3, -0.25) is 0 Å². The van der Waals surface area contributed by atoms with Crippen LogP contribution in [0.1, 0.15) is 39.5 Å². The quantitative estimate of drug-likeness (QED) is 0.394. The van der Waals surface area contributed by atoms with Crippen LogP contribution in [0.15, 0.2) is 29.2 Å². The summed E-state index contributed by atoms with van der Waals surface area (Å²) in [6, 6.07) is 7.40. The lowest BCUT2D eigenvalue weighted by Crippen LogP contribution is -1.97. The zero-order valence-corrected chi connectivity index (χ0v) is 14.8. The Morgan fingerprint density at radius 3 is 1.95 bits per heavy atom. The average molecular weight is 332 g/mol. The molecule has 0 N–H and O–H groups in total. The Morgan fingerprint density at radius 1 is 1.00 bits per heavy atom. The summed E-state index contributed by atoms with van der Waals surface area (Å²) in [5.41, 5.74) is 0. The molecule has 0 aliphatic rings. The van der Waals surface area contributed by atoms with E-state index < -0.39 is 6.80 Å². The molecule has 0 saturated carbocycles. The maximum absolute atomic E-state index is 12.8. The number of hydrogen-bond donors (Lipinski definition) is 0. The van der Waals surface area contributed by atoms with Crippen LogP contribution in [0.4, 0.5) is 0 Å². The minimum absolute atomic E-state index is 0.461. The summed E-state index contributed by atoms with van der Waals surface area (Å²) in [4.78, 5) is 0.854. The van der Waals surface area contributed by atoms with Gasteiger partial charge in [0.15, 0.2) is 0 Å². The number of benzene rings is 1. The van der Waals surface area contributed by atoms with Gasteiger partial charge in [-0.05, 0) is 48.5 Å². The highest BCUT2D eigenvalue weighted by Gasteiger charge is 2.26. The van der Waals surface area contributed by atoms with Gasteiger partial charge in [0.25, 0.3) is 0 Å². The van der Waals surface area contributed by atoms with Crippen molar-refractivity contribution in [1.82, 2.24) is 0 Å². The number of rotatable bonds is 11. The van der Waals surface area contributed by atoms with Crippen LogP contribution in [0, 0.1) is 0 Å². The maximum Gasteiger partial charge on any atom is 0.393 e. The van der Waals surface area contributed by atoms with Gasteiger partial charge in [-0.25, -0.2) is 4.57 Å². The Bertz CT molecular complexity index is 422. The van der Waals surface area contributed by atoms with Crippen LogP contribution in [-0.4, -0.2) is 20.3 Å². The molecule has 0 amide bonds. The first-order chi connectivity index (χ1) is 10.1. The highest BCUT2D eigenvalue weighted by atomic mass is 32.7. The topological polar surface area (TPSA) is 44.8 Å². The van der Waals surface area contributed by atoms with Gasteiger partial charge >= 0.3 is 6.80 Å². The molecule has 0 heterocycles. The molecule has 4 nitrogen and oxygen atoms in total. The smallest absolute Gasteiger partial charge is 0.393 e. The molecular formula is C15H25O4PS. The lowest BCUT2D eigenvalue weighted by molar-refractivity contribution is 0.215. The van der Waals surface area contributed by atoms with E-state index in [2.05, 4.69) is 13.8 Å². The van der Waals surface area contributed by atoms with Crippen LogP contribution in [-0.2, 0) is 13.6 Å². The minimum atomic E-state index is -3.15. The Morgan fingerprint density at radius 2 is 1.52 bits per heavy atom. The third kappa shape index (κ3) is 7.37. The predicted molar refractivity (Wildman–Crippen MR) is 88.2 cm³/mol. The number of unbranched alkanes of at least 4 members (excludes halogenated alkanes) is 2. The largest absolute Gasteiger partial charge is 0.497 e. The first kappa shape index (κ1) is 18.6. The van der Waals surface area contributed by atoms with E-state index in [0.717, 1.165) is 36.3 Å². The Kier molecular flexibility index (Phi) is 9.09. The van der Waals surface area contributed by atoms with E-state index >= 15 is 0 Å². The van der Waals surface area contributed by atoms with Crippen molar-refractivity contribution in [3.05, 3.63) is 24.3 Å². The van der Waals surface area contributed by atoms with E-state index in [4.69, 9.17) is 13.8 Å². The standard InChI is InChI=1S/C15H25O4PS/c1-4-6-12-18-20(16,19-13-7-5-2)21-15-10-8-14(17-3)9-11-15/h8-11H,4-7,12-13H2,1-3H3. The van der Waals surface area contributed by atoms with Crippen molar-refractivity contribution in [2.24, 2.45) is 0 Å². The molecule has 0 aliphatic heterocycles. The predicted octanol–water partition coefficient (Wildman–Crippen LogP) is 5.53. The molecule has 1 aromatic rings. The van der Waals surface area contributed by atoms with E-state index in [1.807, 2.05) is 24.3 Å². The summed E-state index contributed by atoms with van der Waals surface area (Å²) >= 11 is 1.17. The molecular weight excluding hydrogens is 307 g/mol. The van der Waals surface area contributed by atoms with Crippen LogP contribution >= 0.6 is 18.2 Å². The van der Waals surface area contributed by atoms with Crippen molar-refractivity contribution in [3.8, 4) is 5.75 Å². The van der Waals surface area contributed by atoms with E-state index in [-0.39, 0.29) is 0 Å². The van der Waals surface area contributed by atoms with Crippen molar-refractivity contribution in [2.45, 2.75) is 44.4 Å². The van der Waals surface area contributed by atoms with Crippen LogP contribution in [0.3, 0.4) is 0 Å². The van der Waals surface area contributed by atoms with Crippen LogP contribution < -0.4 is 4.74 Å². The van der Waals surface area contributed by atoms with Crippen LogP contribution in [0.2, 0.25) is 0 Å². The summed E-state index contributed by atoms with van der Waals surface area (Å²) < 4.78 is 29.0. The zero-order chi connectivity index (χ0) is 15.6. The zero-order valence-electron chi connectivity index (χ0n) is 13.0. The van der Waals surface area contributed by atoms with E-state index in [1.54, 1.807) is 7.11 Å². The lowest BCUT2D eigenvalue weighted by atomic mass is 10.3. The highest BCUT2D eigenvalue weighted by molar-refractivity contribution is 8.55. The van der Waals surface area contributed by atoms with Gasteiger partial charge in [0.05, 0.1) is 20.3 Å². The number of ether oxygens (including phenoxy) is 1. The Balaban J connectivity index is 2.66. The first-order valence-electron chi connectivity index (χ1n) is 7.36. The summed E-state index contributed by atoms with van der Waals surface area (Å²) in [5, 5.41) is 0. The molecule has 0 unspecified atom stereocenters. The van der Waals surface area contributed by atoms with E-state index in [1.165, 1.54) is 11.4 Å². The Hall–Kier alpha value is -0.480. The summed E-state index contributed by atoms with van der Waals surface area (Å²) in [5.74, 6) is 0.771. The molecule has 0 radical (unpaired) electrons. The van der Waals surface area contributed by atoms with Gasteiger partial charge < -0.3 is 13.8 Å². The van der Waals surface area contributed by atoms with Crippen molar-refractivity contribution >= 4 is 18.2 Å². The van der Waals surface area contributed by atoms with Crippen molar-refractivity contribution in [2.75, 3.05) is 20.3 Å². The average Bonchev–Trinajstić information content (AvgIpc) is 2.48. The minimum Gasteiger partial charge on any atom is -0.497 e. The van der Waals surface area contributed by atoms with Crippen molar-refractivity contribution in [1.29, 1.82) is 0 Å². The van der Waals surface area contributed by atoms with E-state index in [0.29, 0.717) is 13.2 Å². The molecule has 6 heteroatoms. The van der Waals surface area contributed by atoms with E-state index in [9.17, 15) is 4.57 Å². The van der Waals surface area contributed by atoms with Gasteiger partial charge in [-0.15, -0.1) is 0 Å². The SMILES string of the molecule is CCCCOP(=O)(OCCCC)Sc1ccc(OC)cc1. The summed E-state index contributed by atoms with van der Waals surface area (Å²) in [7, 11) is 1.62. The third-order valence-corrected chi connectivity index (χ3v) is 6.41. The molecule has 1 rings (SSSR count). The second kappa shape index (κ2) is 10.3. The summed E-state index contributed by atoms with van der Waals surface area (Å²) in [6.45, 7) is 1.92. The second-order valence-corrected chi connectivity index (χ2v) is 8.54. The van der Waals surface area contributed by atoms with Gasteiger partial charge in [-0.1, -0.05) is 26.7 Å². The molecule has 1 aromatic carbocycles. The molecule has 0 bridgehead atoms. The fourth-order valence-corrected chi connectivity index (χ4v) is 4.80. The molecule has 21 heavy (non-hydrogen) atoms. The van der Waals surface area contributed by atoms with Crippen LogP contribution in [0.25, 0.3) is 0 Å². The van der Waals surface area contributed by atoms with Crippen molar-refractivity contribution in [3.63, 3.8) is 0 Å². The Labute approximate surface area is 131 Å². The maximum atomic E-state index is 12.8. The molecule has 0 aliphatic carbocycles. The fourth-order valence-electron chi connectivity index (χ4n) is 1.50. The van der Waals surface area contributed by atoms with Crippen LogP contribution in [0.5, 0.6) is 5.75 Å². The summed E-state index contributed by atoms with van der Waals surface area (Å²) in [6.07, 6.45) is 3.76. The van der Waals surface area contributed by atoms with Gasteiger partial charge in [-0.2, -0.15) is 0 Å². The second-order valence-electron chi connectivity index (χ2n) is 4.59. The molecule has 0 fully saturated rings. The fraction of sp³-hybridized carbons (Fsp3) is 0.600. The molecule has 0 aromatic heterocycles. The van der Waals surface area contributed by atoms with Gasteiger partial charge in [0, 0.05) is 4.90 Å². The molecule has 0 atom stereocenters. The highest BCUT2D eigenvalue weighted by Crippen LogP contribution is 2.63. The monoisotopic (exact) mass is 332 g/mol. The lowest BCUT2D eigenvalue weighted by Gasteiger charge is -2.17. The molecule has 120 valence electrons. The normalized spacial score (nSPS) is 11.6. The van der Waals surface area contributed by atoms with Gasteiger partial charge in [0.2, 0.25) is 0 Å². The van der Waals surface area contributed by atoms with Crippen molar-refractivity contribution < 1.29 is 18.3 Å². The van der Waals surface area contributed by atoms with Gasteiger partial charge in [0.1, 0.15) is 5.75 Å². The molecule has 0 spiro atoms. The number of hydrogen-bond acceptors (Lipinski definition) is 5. The molecule has 0 saturated heterocycles. The first-order valence-corrected chi connectivity index (χ1v) is 10.3.